The van der Waals surface area contributed by atoms with Gasteiger partial charge >= 0.3 is 6.01 Å². The second-order valence-corrected chi connectivity index (χ2v) is 8.64. The van der Waals surface area contributed by atoms with Gasteiger partial charge in [0.1, 0.15) is 17.4 Å². The highest BCUT2D eigenvalue weighted by atomic mass is 35.5. The number of aliphatic imine (C=N–C) groups is 1. The van der Waals surface area contributed by atoms with E-state index >= 15 is 0 Å². The van der Waals surface area contributed by atoms with E-state index in [0.717, 1.165) is 0 Å². The predicted octanol–water partition coefficient (Wildman–Crippen LogP) is 4.29. The molecule has 4 aromatic rings. The molecule has 1 aliphatic heterocycles. The maximum atomic E-state index is 13.5. The smallest absolute Gasteiger partial charge is 0.302 e. The van der Waals surface area contributed by atoms with Crippen molar-refractivity contribution in [1.82, 2.24) is 15.7 Å². The van der Waals surface area contributed by atoms with Crippen LogP contribution in [0, 0.1) is 5.41 Å². The van der Waals surface area contributed by atoms with E-state index in [0.29, 0.717) is 50.2 Å². The number of para-hydroxylation sites is 2. The van der Waals surface area contributed by atoms with Crippen LogP contribution in [-0.2, 0) is 4.79 Å². The molecule has 186 valence electrons. The molecular weight excluding hydrogens is 492 g/mol. The fraction of sp³-hybridized carbons (Fsp3) is 0.0769. The summed E-state index contributed by atoms with van der Waals surface area (Å²) in [6.45, 7) is 1.78. The molecule has 0 fully saturated rings. The Morgan fingerprint density at radius 1 is 1.11 bits per heavy atom. The fourth-order valence-corrected chi connectivity index (χ4v) is 4.26. The number of allylic oxidation sites excluding steroid dienone is 1. The Bertz CT molecular complexity index is 1540. The number of hydrazine groups is 1. The first-order valence-corrected chi connectivity index (χ1v) is 11.7. The van der Waals surface area contributed by atoms with Gasteiger partial charge in [0.15, 0.2) is 5.58 Å². The van der Waals surface area contributed by atoms with Gasteiger partial charge < -0.3 is 20.5 Å². The number of fused-ring (bicyclic) bond motifs is 1. The number of nitrogens with two attached hydrogens (primary N) is 1. The van der Waals surface area contributed by atoms with Gasteiger partial charge in [-0.3, -0.25) is 15.5 Å². The lowest BCUT2D eigenvalue weighted by molar-refractivity contribution is -0.113. The second-order valence-electron chi connectivity index (χ2n) is 8.23. The van der Waals surface area contributed by atoms with Gasteiger partial charge in [-0.1, -0.05) is 54.1 Å². The Labute approximate surface area is 217 Å². The van der Waals surface area contributed by atoms with Crippen LogP contribution in [-0.4, -0.2) is 22.7 Å². The molecule has 0 aliphatic carbocycles. The summed E-state index contributed by atoms with van der Waals surface area (Å²) in [7, 11) is 0. The zero-order valence-electron chi connectivity index (χ0n) is 19.7. The molecule has 1 atom stereocenters. The number of carbonyl (C=O) groups excluding carboxylic acids is 1. The first-order valence-electron chi connectivity index (χ1n) is 11.3. The SMILES string of the molecule is CC1=C(C(=O)Nc2cccc(C(=N)NN)c2)C(c2ccccc2Cl)N=C(Nc2nc3ccccc3o2)N1. The molecule has 3 aromatic carbocycles. The normalized spacial score (nSPS) is 15.1. The number of carbonyl (C=O) groups is 1. The van der Waals surface area contributed by atoms with Crippen molar-refractivity contribution in [3.63, 3.8) is 0 Å². The third-order valence-electron chi connectivity index (χ3n) is 5.76. The fourth-order valence-electron chi connectivity index (χ4n) is 4.02. The van der Waals surface area contributed by atoms with Gasteiger partial charge in [-0.2, -0.15) is 4.98 Å². The average molecular weight is 515 g/mol. The van der Waals surface area contributed by atoms with E-state index in [9.17, 15) is 4.79 Å². The summed E-state index contributed by atoms with van der Waals surface area (Å²) in [6.07, 6.45) is 0. The van der Waals surface area contributed by atoms with Crippen LogP contribution in [0.15, 0.2) is 93.5 Å². The highest BCUT2D eigenvalue weighted by Gasteiger charge is 2.31. The van der Waals surface area contributed by atoms with Crippen molar-refractivity contribution in [3.05, 3.63) is 100 Å². The van der Waals surface area contributed by atoms with Gasteiger partial charge in [0.2, 0.25) is 5.96 Å². The number of amides is 1. The Morgan fingerprint density at radius 3 is 2.68 bits per heavy atom. The Morgan fingerprint density at radius 2 is 1.89 bits per heavy atom. The van der Waals surface area contributed by atoms with Gasteiger partial charge in [-0.05, 0) is 37.3 Å². The van der Waals surface area contributed by atoms with Gasteiger partial charge in [0.05, 0.1) is 5.57 Å². The van der Waals surface area contributed by atoms with E-state index in [-0.39, 0.29) is 17.8 Å². The number of rotatable bonds is 5. The van der Waals surface area contributed by atoms with E-state index in [1.807, 2.05) is 42.5 Å². The Hall–Kier alpha value is -4.67. The number of oxazole rings is 1. The van der Waals surface area contributed by atoms with Crippen LogP contribution in [0.25, 0.3) is 11.1 Å². The van der Waals surface area contributed by atoms with Crippen molar-refractivity contribution in [3.8, 4) is 0 Å². The lowest BCUT2D eigenvalue weighted by Gasteiger charge is -2.27. The molecule has 1 amide bonds. The molecule has 5 rings (SSSR count). The highest BCUT2D eigenvalue weighted by molar-refractivity contribution is 6.31. The zero-order valence-corrected chi connectivity index (χ0v) is 20.4. The maximum absolute atomic E-state index is 13.5. The van der Waals surface area contributed by atoms with Crippen LogP contribution in [0.5, 0.6) is 0 Å². The minimum absolute atomic E-state index is 0.0271. The van der Waals surface area contributed by atoms with E-state index in [4.69, 9.17) is 32.3 Å². The van der Waals surface area contributed by atoms with E-state index in [1.165, 1.54) is 0 Å². The molecule has 0 bridgehead atoms. The molecule has 2 heterocycles. The Kier molecular flexibility index (Phi) is 6.59. The van der Waals surface area contributed by atoms with E-state index in [2.05, 4.69) is 26.4 Å². The van der Waals surface area contributed by atoms with E-state index < -0.39 is 6.04 Å². The van der Waals surface area contributed by atoms with Crippen molar-refractivity contribution >= 4 is 52.1 Å². The number of hydrogen-bond donors (Lipinski definition) is 6. The Balaban J connectivity index is 1.47. The van der Waals surface area contributed by atoms with Gasteiger partial charge in [-0.25, -0.2) is 10.8 Å². The number of guanidine groups is 1. The molecule has 0 saturated heterocycles. The van der Waals surface area contributed by atoms with Crippen molar-refractivity contribution in [1.29, 1.82) is 5.41 Å². The van der Waals surface area contributed by atoms with Gasteiger partial charge in [-0.15, -0.1) is 0 Å². The molecular formula is C26H23ClN8O2. The summed E-state index contributed by atoms with van der Waals surface area (Å²) in [5, 5.41) is 17.5. The number of hydrogen-bond acceptors (Lipinski definition) is 8. The highest BCUT2D eigenvalue weighted by Crippen LogP contribution is 2.35. The van der Waals surface area contributed by atoms with Gasteiger partial charge in [0, 0.05) is 27.5 Å². The van der Waals surface area contributed by atoms with E-state index in [1.54, 1.807) is 37.3 Å². The molecule has 0 spiro atoms. The first-order chi connectivity index (χ1) is 17.9. The molecule has 1 aliphatic rings. The van der Waals surface area contributed by atoms with Gasteiger partial charge in [0.25, 0.3) is 5.91 Å². The number of halogens is 1. The largest absolute Gasteiger partial charge is 0.423 e. The third kappa shape index (κ3) is 5.01. The lowest BCUT2D eigenvalue weighted by Crippen LogP contribution is -2.37. The molecule has 1 aromatic heterocycles. The molecule has 0 radical (unpaired) electrons. The monoisotopic (exact) mass is 514 g/mol. The van der Waals surface area contributed by atoms with Crippen molar-refractivity contribution < 1.29 is 9.21 Å². The van der Waals surface area contributed by atoms with Crippen LogP contribution in [0.2, 0.25) is 5.02 Å². The average Bonchev–Trinajstić information content (AvgIpc) is 3.30. The second kappa shape index (κ2) is 10.1. The van der Waals surface area contributed by atoms with Crippen molar-refractivity contribution in [2.75, 3.05) is 10.6 Å². The number of amidine groups is 1. The number of nitrogens with zero attached hydrogens (tertiary/aromatic N) is 2. The number of anilines is 2. The summed E-state index contributed by atoms with van der Waals surface area (Å²) in [6, 6.07) is 21.0. The van der Waals surface area contributed by atoms with Crippen LogP contribution >= 0.6 is 11.6 Å². The van der Waals surface area contributed by atoms with Crippen LogP contribution in [0.4, 0.5) is 11.7 Å². The van der Waals surface area contributed by atoms with Crippen LogP contribution in [0.1, 0.15) is 24.1 Å². The van der Waals surface area contributed by atoms with Crippen LogP contribution in [0.3, 0.4) is 0 Å². The predicted molar refractivity (Wildman–Crippen MR) is 144 cm³/mol. The molecule has 37 heavy (non-hydrogen) atoms. The maximum Gasteiger partial charge on any atom is 0.302 e. The minimum atomic E-state index is -0.714. The summed E-state index contributed by atoms with van der Waals surface area (Å²) in [4.78, 5) is 22.7. The van der Waals surface area contributed by atoms with Crippen LogP contribution < -0.4 is 27.2 Å². The summed E-state index contributed by atoms with van der Waals surface area (Å²) < 4.78 is 5.77. The molecule has 7 N–H and O–H groups in total. The summed E-state index contributed by atoms with van der Waals surface area (Å²) in [5.74, 6) is 5.37. The summed E-state index contributed by atoms with van der Waals surface area (Å²) >= 11 is 6.53. The van der Waals surface area contributed by atoms with Crippen molar-refractivity contribution in [2.45, 2.75) is 13.0 Å². The first kappa shape index (κ1) is 24.0. The van der Waals surface area contributed by atoms with Crippen molar-refractivity contribution in [2.24, 2.45) is 10.8 Å². The minimum Gasteiger partial charge on any atom is -0.423 e. The topological polar surface area (TPSA) is 153 Å². The quantitative estimate of drug-likeness (QED) is 0.100. The number of aromatic nitrogens is 1. The number of nitrogens with one attached hydrogen (secondary N) is 5. The molecule has 10 nitrogen and oxygen atoms in total. The lowest BCUT2D eigenvalue weighted by atomic mass is 9.95. The zero-order chi connectivity index (χ0) is 25.9. The molecule has 1 unspecified atom stereocenters. The summed E-state index contributed by atoms with van der Waals surface area (Å²) in [5.41, 5.74) is 6.28. The molecule has 0 saturated carbocycles. The molecule has 11 heteroatoms. The number of benzene rings is 3. The third-order valence-corrected chi connectivity index (χ3v) is 6.10. The standard InChI is InChI=1S/C26H23ClN8O2/c1-14-21(24(36)31-16-8-6-7-15(13-16)23(28)35-29)22(17-9-2-3-10-18(17)27)33-25(30-14)34-26-32-19-11-4-5-12-20(19)37-26/h2-13,22H,29H2,1H3,(H2,28,35)(H,31,36)(H2,30,32,33,34).